The van der Waals surface area contributed by atoms with Crippen LogP contribution in [0.3, 0.4) is 0 Å². The van der Waals surface area contributed by atoms with Crippen LogP contribution < -0.4 is 0 Å². The van der Waals surface area contributed by atoms with Crippen LogP contribution in [-0.2, 0) is 4.74 Å². The molecular formula is C18H23NO3. The third-order valence-corrected chi connectivity index (χ3v) is 4.16. The molecular weight excluding hydrogens is 278 g/mol. The van der Waals surface area contributed by atoms with E-state index in [-0.39, 0.29) is 5.91 Å². The molecule has 1 aromatic heterocycles. The van der Waals surface area contributed by atoms with Crippen molar-refractivity contribution in [3.8, 4) is 0 Å². The standard InChI is InChI=1S/C18H23NO3/c1-3-8-21-12-14-6-7-19(11-14)18(20)15-4-5-17-16(10-15)9-13(2)22-17/h4-5,9-10,14H,3,6-8,11-12H2,1-2H3/t14-/m1/s1. The van der Waals surface area contributed by atoms with E-state index >= 15 is 0 Å². The van der Waals surface area contributed by atoms with Gasteiger partial charge in [-0.1, -0.05) is 6.92 Å². The van der Waals surface area contributed by atoms with Gasteiger partial charge in [-0.05, 0) is 44.0 Å². The number of fused-ring (bicyclic) bond motifs is 1. The van der Waals surface area contributed by atoms with Gasteiger partial charge < -0.3 is 14.1 Å². The van der Waals surface area contributed by atoms with E-state index in [1.165, 1.54) is 0 Å². The predicted molar refractivity (Wildman–Crippen MR) is 86.1 cm³/mol. The molecule has 1 aliphatic heterocycles. The summed E-state index contributed by atoms with van der Waals surface area (Å²) in [6, 6.07) is 7.63. The predicted octanol–water partition coefficient (Wildman–Crippen LogP) is 3.63. The van der Waals surface area contributed by atoms with Gasteiger partial charge in [0.2, 0.25) is 0 Å². The molecule has 0 saturated carbocycles. The topological polar surface area (TPSA) is 42.7 Å². The fourth-order valence-electron chi connectivity index (χ4n) is 3.04. The molecule has 0 bridgehead atoms. The number of nitrogens with zero attached hydrogens (tertiary/aromatic N) is 1. The van der Waals surface area contributed by atoms with Crippen LogP contribution in [0, 0.1) is 12.8 Å². The van der Waals surface area contributed by atoms with Gasteiger partial charge in [-0.3, -0.25) is 4.79 Å². The quantitative estimate of drug-likeness (QED) is 0.792. The molecule has 3 rings (SSSR count). The number of amides is 1. The minimum absolute atomic E-state index is 0.110. The molecule has 4 nitrogen and oxygen atoms in total. The van der Waals surface area contributed by atoms with Gasteiger partial charge in [-0.2, -0.15) is 0 Å². The minimum atomic E-state index is 0.110. The lowest BCUT2D eigenvalue weighted by atomic mass is 10.1. The fourth-order valence-corrected chi connectivity index (χ4v) is 3.04. The molecule has 2 heterocycles. The maximum atomic E-state index is 12.6. The van der Waals surface area contributed by atoms with Crippen molar-refractivity contribution in [2.75, 3.05) is 26.3 Å². The Balaban J connectivity index is 1.65. The third-order valence-electron chi connectivity index (χ3n) is 4.16. The number of benzene rings is 1. The molecule has 1 aromatic carbocycles. The summed E-state index contributed by atoms with van der Waals surface area (Å²) in [5.74, 6) is 1.45. The number of aryl methyl sites for hydroxylation is 1. The van der Waals surface area contributed by atoms with Crippen LogP contribution >= 0.6 is 0 Å². The Hall–Kier alpha value is -1.81. The number of ether oxygens (including phenoxy) is 1. The van der Waals surface area contributed by atoms with E-state index in [4.69, 9.17) is 9.15 Å². The summed E-state index contributed by atoms with van der Waals surface area (Å²) in [4.78, 5) is 14.6. The molecule has 0 radical (unpaired) electrons. The highest BCUT2D eigenvalue weighted by Crippen LogP contribution is 2.23. The Kier molecular flexibility index (Phi) is 4.48. The number of rotatable bonds is 5. The SMILES string of the molecule is CCCOC[C@@H]1CCN(C(=O)c2ccc3oc(C)cc3c2)C1. The lowest BCUT2D eigenvalue weighted by Gasteiger charge is -2.16. The number of likely N-dealkylation sites (tertiary alicyclic amines) is 1. The van der Waals surface area contributed by atoms with Crippen LogP contribution in [0.4, 0.5) is 0 Å². The van der Waals surface area contributed by atoms with Crippen molar-refractivity contribution < 1.29 is 13.9 Å². The van der Waals surface area contributed by atoms with Gasteiger partial charge in [-0.15, -0.1) is 0 Å². The second kappa shape index (κ2) is 6.53. The van der Waals surface area contributed by atoms with E-state index in [1.807, 2.05) is 36.1 Å². The Morgan fingerprint density at radius 3 is 3.09 bits per heavy atom. The second-order valence-electron chi connectivity index (χ2n) is 6.09. The summed E-state index contributed by atoms with van der Waals surface area (Å²) in [6.07, 6.45) is 2.07. The number of hydrogen-bond acceptors (Lipinski definition) is 3. The first kappa shape index (κ1) is 15.1. The van der Waals surface area contributed by atoms with Crippen molar-refractivity contribution in [1.29, 1.82) is 0 Å². The largest absolute Gasteiger partial charge is 0.461 e. The summed E-state index contributed by atoms with van der Waals surface area (Å²) in [5, 5.41) is 0.991. The number of carbonyl (C=O) groups is 1. The smallest absolute Gasteiger partial charge is 0.253 e. The van der Waals surface area contributed by atoms with E-state index in [0.717, 1.165) is 61.4 Å². The fraction of sp³-hybridized carbons (Fsp3) is 0.500. The van der Waals surface area contributed by atoms with Crippen LogP contribution in [0.15, 0.2) is 28.7 Å². The highest BCUT2D eigenvalue weighted by atomic mass is 16.5. The van der Waals surface area contributed by atoms with E-state index in [1.54, 1.807) is 0 Å². The van der Waals surface area contributed by atoms with Crippen LogP contribution in [0.1, 0.15) is 35.9 Å². The zero-order valence-electron chi connectivity index (χ0n) is 13.3. The van der Waals surface area contributed by atoms with Crippen molar-refractivity contribution in [2.45, 2.75) is 26.7 Å². The molecule has 0 unspecified atom stereocenters. The van der Waals surface area contributed by atoms with Crippen molar-refractivity contribution in [2.24, 2.45) is 5.92 Å². The summed E-state index contributed by atoms with van der Waals surface area (Å²) < 4.78 is 11.2. The number of furan rings is 1. The van der Waals surface area contributed by atoms with Crippen LogP contribution in [0.5, 0.6) is 0 Å². The average molecular weight is 301 g/mol. The Morgan fingerprint density at radius 2 is 2.27 bits per heavy atom. The van der Waals surface area contributed by atoms with Crippen LogP contribution in [0.25, 0.3) is 11.0 Å². The van der Waals surface area contributed by atoms with Gasteiger partial charge >= 0.3 is 0 Å². The molecule has 1 aliphatic rings. The molecule has 118 valence electrons. The lowest BCUT2D eigenvalue weighted by Crippen LogP contribution is -2.29. The molecule has 1 atom stereocenters. The van der Waals surface area contributed by atoms with Crippen LogP contribution in [0.2, 0.25) is 0 Å². The summed E-state index contributed by atoms with van der Waals surface area (Å²) in [5.41, 5.74) is 1.57. The van der Waals surface area contributed by atoms with Gasteiger partial charge in [-0.25, -0.2) is 0 Å². The third kappa shape index (κ3) is 3.17. The molecule has 4 heteroatoms. The maximum Gasteiger partial charge on any atom is 0.253 e. The highest BCUT2D eigenvalue weighted by molar-refractivity contribution is 5.98. The van der Waals surface area contributed by atoms with Crippen molar-refractivity contribution >= 4 is 16.9 Å². The van der Waals surface area contributed by atoms with E-state index in [9.17, 15) is 4.79 Å². The van der Waals surface area contributed by atoms with Gasteiger partial charge in [0.15, 0.2) is 0 Å². The first-order valence-electron chi connectivity index (χ1n) is 8.04. The maximum absolute atomic E-state index is 12.6. The van der Waals surface area contributed by atoms with Gasteiger partial charge in [0, 0.05) is 36.6 Å². The monoisotopic (exact) mass is 301 g/mol. The zero-order chi connectivity index (χ0) is 15.5. The van der Waals surface area contributed by atoms with E-state index in [2.05, 4.69) is 6.92 Å². The average Bonchev–Trinajstić information content (AvgIpc) is 3.11. The first-order valence-corrected chi connectivity index (χ1v) is 8.04. The summed E-state index contributed by atoms with van der Waals surface area (Å²) >= 11 is 0. The van der Waals surface area contributed by atoms with Gasteiger partial charge in [0.25, 0.3) is 5.91 Å². The Labute approximate surface area is 131 Å². The van der Waals surface area contributed by atoms with Gasteiger partial charge in [0.1, 0.15) is 11.3 Å². The summed E-state index contributed by atoms with van der Waals surface area (Å²) in [6.45, 7) is 7.21. The van der Waals surface area contributed by atoms with Crippen molar-refractivity contribution in [3.05, 3.63) is 35.6 Å². The lowest BCUT2D eigenvalue weighted by molar-refractivity contribution is 0.0754. The zero-order valence-corrected chi connectivity index (χ0v) is 13.3. The van der Waals surface area contributed by atoms with E-state index in [0.29, 0.717) is 5.92 Å². The second-order valence-corrected chi connectivity index (χ2v) is 6.09. The minimum Gasteiger partial charge on any atom is -0.461 e. The molecule has 1 saturated heterocycles. The van der Waals surface area contributed by atoms with Crippen LogP contribution in [-0.4, -0.2) is 37.1 Å². The highest BCUT2D eigenvalue weighted by Gasteiger charge is 2.27. The normalized spacial score (nSPS) is 18.3. The summed E-state index contributed by atoms with van der Waals surface area (Å²) in [7, 11) is 0. The molecule has 1 amide bonds. The molecule has 2 aromatic rings. The van der Waals surface area contributed by atoms with Gasteiger partial charge in [0.05, 0.1) is 6.61 Å². The first-order chi connectivity index (χ1) is 10.7. The van der Waals surface area contributed by atoms with Crippen molar-refractivity contribution in [1.82, 2.24) is 4.90 Å². The van der Waals surface area contributed by atoms with Crippen molar-refractivity contribution in [3.63, 3.8) is 0 Å². The molecule has 0 spiro atoms. The molecule has 1 fully saturated rings. The molecule has 22 heavy (non-hydrogen) atoms. The number of hydrogen-bond donors (Lipinski definition) is 0. The Morgan fingerprint density at radius 1 is 1.41 bits per heavy atom. The molecule has 0 aliphatic carbocycles. The van der Waals surface area contributed by atoms with E-state index < -0.39 is 0 Å². The Bertz CT molecular complexity index is 661. The number of carbonyl (C=O) groups excluding carboxylic acids is 1. The molecule has 0 N–H and O–H groups in total.